The first kappa shape index (κ1) is 17.8. The molecule has 0 aliphatic carbocycles. The maximum absolute atomic E-state index is 11.9. The van der Waals surface area contributed by atoms with Gasteiger partial charge in [-0.3, -0.25) is 0 Å². The minimum absolute atomic E-state index is 0.267. The van der Waals surface area contributed by atoms with E-state index in [2.05, 4.69) is 0 Å². The number of sulfone groups is 1. The fourth-order valence-corrected chi connectivity index (χ4v) is 2.37. The van der Waals surface area contributed by atoms with Gasteiger partial charge in [-0.15, -0.1) is 0 Å². The number of allylic oxidation sites excluding steroid dienone is 2. The highest BCUT2D eigenvalue weighted by molar-refractivity contribution is 7.92. The Hall–Kier alpha value is -1.24. The smallest absolute Gasteiger partial charge is 0.227 e. The van der Waals surface area contributed by atoms with E-state index in [0.717, 1.165) is 0 Å². The lowest BCUT2D eigenvalue weighted by molar-refractivity contribution is -0.129. The van der Waals surface area contributed by atoms with E-state index in [4.69, 9.17) is 5.26 Å². The van der Waals surface area contributed by atoms with Crippen LogP contribution in [0.25, 0.3) is 0 Å². The Labute approximate surface area is 105 Å². The quantitative estimate of drug-likeness (QED) is 0.579. The van der Waals surface area contributed by atoms with Crippen LogP contribution >= 0.6 is 0 Å². The maximum atomic E-state index is 11.9. The van der Waals surface area contributed by atoms with Crippen LogP contribution in [0.1, 0.15) is 12.8 Å². The summed E-state index contributed by atoms with van der Waals surface area (Å²) in [7, 11) is -4.42. The van der Waals surface area contributed by atoms with Gasteiger partial charge in [0.25, 0.3) is 0 Å². The molecule has 0 aromatic rings. The second kappa shape index (κ2) is 6.27. The van der Waals surface area contributed by atoms with Crippen LogP contribution in [0.2, 0.25) is 0 Å². The molecule has 0 aromatic carbocycles. The van der Waals surface area contributed by atoms with Gasteiger partial charge in [0, 0.05) is 6.08 Å². The van der Waals surface area contributed by atoms with Crippen molar-refractivity contribution in [1.82, 2.24) is 0 Å². The topological polar surface area (TPSA) is 57.9 Å². The lowest BCUT2D eigenvalue weighted by Crippen LogP contribution is -2.25. The van der Waals surface area contributed by atoms with Gasteiger partial charge >= 0.3 is 12.4 Å². The van der Waals surface area contributed by atoms with Crippen LogP contribution < -0.4 is 0 Å². The van der Waals surface area contributed by atoms with E-state index in [-0.39, 0.29) is 6.08 Å². The number of rotatable bonds is 5. The van der Waals surface area contributed by atoms with Crippen molar-refractivity contribution in [2.24, 2.45) is 0 Å². The molecule has 1 atom stereocenters. The first-order chi connectivity index (χ1) is 8.37. The average molecular weight is 309 g/mol. The predicted octanol–water partition coefficient (Wildman–Crippen LogP) is 2.75. The molecule has 0 spiro atoms. The Balaban J connectivity index is 4.69. The number of halogens is 6. The molecule has 0 saturated carbocycles. The molecule has 0 aromatic heterocycles. The van der Waals surface area contributed by atoms with Gasteiger partial charge in [-0.1, -0.05) is 6.08 Å². The Morgan fingerprint density at radius 2 is 1.68 bits per heavy atom. The Morgan fingerprint density at radius 1 is 1.16 bits per heavy atom. The Morgan fingerprint density at radius 3 is 2.05 bits per heavy atom. The van der Waals surface area contributed by atoms with Gasteiger partial charge in [0.05, 0.1) is 18.2 Å². The minimum atomic E-state index is -4.71. The highest BCUT2D eigenvalue weighted by Gasteiger charge is 2.33. The van der Waals surface area contributed by atoms with Gasteiger partial charge in [0.2, 0.25) is 0 Å². The fourth-order valence-electron chi connectivity index (χ4n) is 1.01. The molecule has 0 fully saturated rings. The molecule has 0 amide bonds. The molecular weight excluding hydrogens is 300 g/mol. The summed E-state index contributed by atoms with van der Waals surface area (Å²) in [6.45, 7) is 0. The summed E-state index contributed by atoms with van der Waals surface area (Å²) in [5, 5.41) is 6.57. The molecule has 0 N–H and O–H groups in total. The van der Waals surface area contributed by atoms with Crippen molar-refractivity contribution < 1.29 is 34.8 Å². The number of nitriles is 1. The molecule has 10 heteroatoms. The molecule has 3 nitrogen and oxygen atoms in total. The summed E-state index contributed by atoms with van der Waals surface area (Å²) >= 11 is 0. The van der Waals surface area contributed by atoms with Crippen LogP contribution in [0.15, 0.2) is 12.2 Å². The summed E-state index contributed by atoms with van der Waals surface area (Å²) in [6, 6.07) is 1.19. The zero-order valence-corrected chi connectivity index (χ0v) is 10.1. The summed E-state index contributed by atoms with van der Waals surface area (Å²) in [6.07, 6.45) is -11.7. The van der Waals surface area contributed by atoms with E-state index < -0.39 is 46.0 Å². The average Bonchev–Trinajstić information content (AvgIpc) is 2.19. The zero-order chi connectivity index (χ0) is 15.3. The highest BCUT2D eigenvalue weighted by atomic mass is 32.2. The van der Waals surface area contributed by atoms with E-state index in [1.54, 1.807) is 0 Å². The molecule has 0 bridgehead atoms. The monoisotopic (exact) mass is 309 g/mol. The SMILES string of the molecule is N#CC(CC=CC(F)(F)F)S(=O)(=O)CCC(F)(F)F. The molecule has 0 rings (SSSR count). The minimum Gasteiger partial charge on any atom is -0.227 e. The van der Waals surface area contributed by atoms with Gasteiger partial charge in [-0.2, -0.15) is 31.6 Å². The number of hydrogen-bond acceptors (Lipinski definition) is 3. The van der Waals surface area contributed by atoms with Crippen LogP contribution in [-0.2, 0) is 9.84 Å². The fraction of sp³-hybridized carbons (Fsp3) is 0.667. The van der Waals surface area contributed by atoms with Crippen molar-refractivity contribution in [2.75, 3.05) is 5.75 Å². The molecule has 0 radical (unpaired) electrons. The highest BCUT2D eigenvalue weighted by Crippen LogP contribution is 2.22. The van der Waals surface area contributed by atoms with Crippen molar-refractivity contribution >= 4 is 9.84 Å². The third-order valence-electron chi connectivity index (χ3n) is 1.90. The number of hydrogen-bond donors (Lipinski definition) is 0. The van der Waals surface area contributed by atoms with Crippen molar-refractivity contribution in [3.63, 3.8) is 0 Å². The lowest BCUT2D eigenvalue weighted by atomic mass is 10.3. The lowest BCUT2D eigenvalue weighted by Gasteiger charge is -2.10. The number of nitrogens with zero attached hydrogens (tertiary/aromatic N) is 1. The molecule has 19 heavy (non-hydrogen) atoms. The van der Waals surface area contributed by atoms with Gasteiger partial charge in [-0.05, 0) is 6.42 Å². The van der Waals surface area contributed by atoms with E-state index in [0.29, 0.717) is 6.08 Å². The van der Waals surface area contributed by atoms with Gasteiger partial charge in [-0.25, -0.2) is 8.42 Å². The maximum Gasteiger partial charge on any atom is 0.409 e. The second-order valence-corrected chi connectivity index (χ2v) is 5.83. The van der Waals surface area contributed by atoms with Crippen molar-refractivity contribution in [1.29, 1.82) is 5.26 Å². The van der Waals surface area contributed by atoms with Gasteiger partial charge in [0.1, 0.15) is 0 Å². The molecule has 0 heterocycles. The molecule has 0 aliphatic rings. The first-order valence-corrected chi connectivity index (χ1v) is 6.51. The molecular formula is C9H9F6NO2S. The van der Waals surface area contributed by atoms with E-state index in [1.165, 1.54) is 6.07 Å². The molecule has 110 valence electrons. The second-order valence-electron chi connectivity index (χ2n) is 3.53. The molecule has 0 aliphatic heterocycles. The Kier molecular flexibility index (Phi) is 5.86. The van der Waals surface area contributed by atoms with Crippen molar-refractivity contribution in [3.05, 3.63) is 12.2 Å². The van der Waals surface area contributed by atoms with Crippen LogP contribution in [-0.4, -0.2) is 31.8 Å². The van der Waals surface area contributed by atoms with Crippen LogP contribution in [0.4, 0.5) is 26.3 Å². The van der Waals surface area contributed by atoms with E-state index in [1.807, 2.05) is 0 Å². The summed E-state index contributed by atoms with van der Waals surface area (Å²) in [4.78, 5) is 0. The third-order valence-corrected chi connectivity index (χ3v) is 3.84. The predicted molar refractivity (Wildman–Crippen MR) is 53.7 cm³/mol. The Bertz CT molecular complexity index is 457. The van der Waals surface area contributed by atoms with Gasteiger partial charge < -0.3 is 0 Å². The third kappa shape index (κ3) is 8.47. The first-order valence-electron chi connectivity index (χ1n) is 4.80. The standard InChI is InChI=1S/C9H9F6NO2S/c10-8(11,12)3-1-2-7(6-16)19(17,18)5-4-9(13,14)15/h1,3,7H,2,4-5H2. The van der Waals surface area contributed by atoms with Crippen LogP contribution in [0, 0.1) is 11.3 Å². The summed E-state index contributed by atoms with van der Waals surface area (Å²) in [5.41, 5.74) is 0. The van der Waals surface area contributed by atoms with E-state index >= 15 is 0 Å². The summed E-state index contributed by atoms with van der Waals surface area (Å²) < 4.78 is 93.4. The number of alkyl halides is 6. The van der Waals surface area contributed by atoms with Gasteiger partial charge in [0.15, 0.2) is 15.1 Å². The van der Waals surface area contributed by atoms with Crippen molar-refractivity contribution in [3.8, 4) is 6.07 Å². The van der Waals surface area contributed by atoms with Crippen LogP contribution in [0.5, 0.6) is 0 Å². The summed E-state index contributed by atoms with van der Waals surface area (Å²) in [5.74, 6) is -1.32. The largest absolute Gasteiger partial charge is 0.409 e. The zero-order valence-electron chi connectivity index (χ0n) is 9.29. The van der Waals surface area contributed by atoms with E-state index in [9.17, 15) is 34.8 Å². The molecule has 1 unspecified atom stereocenters. The van der Waals surface area contributed by atoms with Crippen molar-refractivity contribution in [2.45, 2.75) is 30.4 Å². The normalized spacial score (nSPS) is 15.4. The molecule has 0 saturated heterocycles. The van der Waals surface area contributed by atoms with Crippen LogP contribution in [0.3, 0.4) is 0 Å².